The van der Waals surface area contributed by atoms with Crippen molar-refractivity contribution in [2.45, 2.75) is 32.4 Å². The van der Waals surface area contributed by atoms with Crippen LogP contribution in [0.15, 0.2) is 33.1 Å². The van der Waals surface area contributed by atoms with E-state index in [1.165, 1.54) is 0 Å². The molecule has 16 heavy (non-hydrogen) atoms. The highest BCUT2D eigenvalue weighted by Gasteiger charge is 2.19. The minimum Gasteiger partial charge on any atom is -0.234 e. The van der Waals surface area contributed by atoms with Gasteiger partial charge in [0, 0.05) is 4.47 Å². The molecular formula is C12H16BrNOS. The molecule has 88 valence electrons. The third-order valence-corrected chi connectivity index (χ3v) is 3.97. The van der Waals surface area contributed by atoms with Crippen LogP contribution >= 0.6 is 15.9 Å². The van der Waals surface area contributed by atoms with E-state index in [-0.39, 0.29) is 4.75 Å². The maximum absolute atomic E-state index is 11.8. The van der Waals surface area contributed by atoms with Gasteiger partial charge >= 0.3 is 0 Å². The molecular weight excluding hydrogens is 286 g/mol. The van der Waals surface area contributed by atoms with Gasteiger partial charge in [-0.2, -0.15) is 4.40 Å². The normalized spacial score (nSPS) is 14.9. The maximum atomic E-state index is 11.8. The molecule has 0 aliphatic carbocycles. The lowest BCUT2D eigenvalue weighted by molar-refractivity contribution is 0.650. The van der Waals surface area contributed by atoms with Crippen molar-refractivity contribution >= 4 is 32.6 Å². The molecule has 0 radical (unpaired) electrons. The number of benzene rings is 1. The van der Waals surface area contributed by atoms with Crippen LogP contribution in [0, 0.1) is 0 Å². The number of halogens is 1. The zero-order valence-corrected chi connectivity index (χ0v) is 12.4. The molecule has 0 fully saturated rings. The summed E-state index contributed by atoms with van der Waals surface area (Å²) >= 11 is 3.41. The van der Waals surface area contributed by atoms with Crippen molar-refractivity contribution in [1.82, 2.24) is 0 Å². The van der Waals surface area contributed by atoms with E-state index in [0.29, 0.717) is 0 Å². The van der Waals surface area contributed by atoms with Gasteiger partial charge in [-0.05, 0) is 45.4 Å². The molecule has 2 nitrogen and oxygen atoms in total. The van der Waals surface area contributed by atoms with E-state index in [2.05, 4.69) is 20.3 Å². The molecule has 1 rings (SSSR count). The van der Waals surface area contributed by atoms with Crippen molar-refractivity contribution in [3.63, 3.8) is 0 Å². The van der Waals surface area contributed by atoms with E-state index in [1.807, 2.05) is 52.0 Å². The lowest BCUT2D eigenvalue weighted by Gasteiger charge is -2.14. The van der Waals surface area contributed by atoms with Crippen LogP contribution in [0.2, 0.25) is 0 Å². The molecule has 0 saturated carbocycles. The van der Waals surface area contributed by atoms with Crippen LogP contribution in [0.1, 0.15) is 33.3 Å². The lowest BCUT2D eigenvalue weighted by Crippen LogP contribution is -2.20. The summed E-state index contributed by atoms with van der Waals surface area (Å²) in [5.41, 5.74) is 1.79. The fourth-order valence-corrected chi connectivity index (χ4v) is 2.05. The largest absolute Gasteiger partial charge is 0.234 e. The molecule has 1 atom stereocenters. The summed E-state index contributed by atoms with van der Waals surface area (Å²) in [6.45, 7) is 7.63. The van der Waals surface area contributed by atoms with Crippen LogP contribution in [0.25, 0.3) is 0 Å². The Balaban J connectivity index is 2.99. The van der Waals surface area contributed by atoms with Crippen LogP contribution in [0.4, 0.5) is 0 Å². The molecule has 0 aliphatic heterocycles. The number of rotatable bonds is 2. The Morgan fingerprint density at radius 3 is 2.50 bits per heavy atom. The van der Waals surface area contributed by atoms with Crippen molar-refractivity contribution < 1.29 is 4.21 Å². The molecule has 0 heterocycles. The summed E-state index contributed by atoms with van der Waals surface area (Å²) in [4.78, 5) is 0. The maximum Gasteiger partial charge on any atom is 0.145 e. The van der Waals surface area contributed by atoms with Crippen LogP contribution in [0.3, 0.4) is 0 Å². The second-order valence-corrected chi connectivity index (χ2v) is 7.37. The van der Waals surface area contributed by atoms with Crippen LogP contribution in [0.5, 0.6) is 0 Å². The van der Waals surface area contributed by atoms with Gasteiger partial charge in [0.2, 0.25) is 0 Å². The Morgan fingerprint density at radius 1 is 1.38 bits per heavy atom. The lowest BCUT2D eigenvalue weighted by atomic mass is 10.1. The SMILES string of the molecule is C/C(=N\[S@@](=O)C(C)(C)C)c1cccc(Br)c1. The quantitative estimate of drug-likeness (QED) is 0.766. The highest BCUT2D eigenvalue weighted by Crippen LogP contribution is 2.16. The van der Waals surface area contributed by atoms with Gasteiger partial charge in [-0.3, -0.25) is 0 Å². The molecule has 0 aliphatic rings. The predicted octanol–water partition coefficient (Wildman–Crippen LogP) is 3.72. The van der Waals surface area contributed by atoms with Crippen LogP contribution in [-0.4, -0.2) is 14.7 Å². The van der Waals surface area contributed by atoms with E-state index in [4.69, 9.17) is 0 Å². The Hall–Kier alpha value is -0.480. The van der Waals surface area contributed by atoms with E-state index >= 15 is 0 Å². The van der Waals surface area contributed by atoms with Gasteiger partial charge in [-0.1, -0.05) is 28.1 Å². The topological polar surface area (TPSA) is 29.4 Å². The molecule has 4 heteroatoms. The summed E-state index contributed by atoms with van der Waals surface area (Å²) in [5.74, 6) is 0. The highest BCUT2D eigenvalue weighted by molar-refractivity contribution is 9.10. The first kappa shape index (κ1) is 13.6. The fourth-order valence-electron chi connectivity index (χ4n) is 1.03. The molecule has 0 N–H and O–H groups in total. The van der Waals surface area contributed by atoms with Crippen molar-refractivity contribution in [1.29, 1.82) is 0 Å². The van der Waals surface area contributed by atoms with Crippen molar-refractivity contribution in [3.05, 3.63) is 34.3 Å². The third kappa shape index (κ3) is 3.83. The van der Waals surface area contributed by atoms with E-state index in [9.17, 15) is 4.21 Å². The number of hydrogen-bond acceptors (Lipinski definition) is 1. The van der Waals surface area contributed by atoms with Gasteiger partial charge in [0.1, 0.15) is 11.0 Å². The summed E-state index contributed by atoms with van der Waals surface area (Å²) in [5, 5.41) is 0. The average molecular weight is 302 g/mol. The monoisotopic (exact) mass is 301 g/mol. The highest BCUT2D eigenvalue weighted by atomic mass is 79.9. The van der Waals surface area contributed by atoms with Gasteiger partial charge in [-0.15, -0.1) is 0 Å². The second kappa shape index (κ2) is 5.23. The number of nitrogens with zero attached hydrogens (tertiary/aromatic N) is 1. The first-order valence-electron chi connectivity index (χ1n) is 5.04. The minimum absolute atomic E-state index is 0.312. The molecule has 0 unspecified atom stereocenters. The van der Waals surface area contributed by atoms with Gasteiger partial charge < -0.3 is 0 Å². The van der Waals surface area contributed by atoms with Crippen molar-refractivity contribution in [2.24, 2.45) is 4.40 Å². The predicted molar refractivity (Wildman–Crippen MR) is 74.2 cm³/mol. The summed E-state index contributed by atoms with van der Waals surface area (Å²) in [6.07, 6.45) is 0. The smallest absolute Gasteiger partial charge is 0.145 e. The van der Waals surface area contributed by atoms with Crippen LogP contribution in [-0.2, 0) is 11.0 Å². The average Bonchev–Trinajstić information content (AvgIpc) is 2.16. The molecule has 0 bridgehead atoms. The Kier molecular flexibility index (Phi) is 4.44. The van der Waals surface area contributed by atoms with Gasteiger partial charge in [0.05, 0.1) is 10.5 Å². The summed E-state index contributed by atoms with van der Waals surface area (Å²) < 4.78 is 16.8. The Bertz CT molecular complexity index is 435. The van der Waals surface area contributed by atoms with Gasteiger partial charge in [-0.25, -0.2) is 4.21 Å². The molecule has 1 aromatic rings. The van der Waals surface area contributed by atoms with Crippen molar-refractivity contribution in [2.75, 3.05) is 0 Å². The number of hydrogen-bond donors (Lipinski definition) is 0. The fraction of sp³-hybridized carbons (Fsp3) is 0.417. The molecule has 0 spiro atoms. The zero-order chi connectivity index (χ0) is 12.3. The second-order valence-electron chi connectivity index (χ2n) is 4.55. The molecule has 0 saturated heterocycles. The molecule has 0 aromatic heterocycles. The van der Waals surface area contributed by atoms with Gasteiger partial charge in [0.25, 0.3) is 0 Å². The Labute approximate surface area is 108 Å². The van der Waals surface area contributed by atoms with Crippen LogP contribution < -0.4 is 0 Å². The summed E-state index contributed by atoms with van der Waals surface area (Å²) in [6, 6.07) is 7.83. The van der Waals surface area contributed by atoms with E-state index in [1.54, 1.807) is 0 Å². The molecule has 0 amide bonds. The van der Waals surface area contributed by atoms with E-state index < -0.39 is 11.0 Å². The third-order valence-electron chi connectivity index (χ3n) is 1.99. The molecule has 1 aromatic carbocycles. The van der Waals surface area contributed by atoms with E-state index in [0.717, 1.165) is 15.7 Å². The Morgan fingerprint density at radius 2 is 2.00 bits per heavy atom. The first-order chi connectivity index (χ1) is 7.30. The zero-order valence-electron chi connectivity index (χ0n) is 9.95. The standard InChI is InChI=1S/C12H16BrNOS/c1-9(14-16(15)12(2,3)4)10-6-5-7-11(13)8-10/h5-8H,1-4H3/b14-9+/t16-/m0/s1. The summed E-state index contributed by atoms with van der Waals surface area (Å²) in [7, 11) is -1.20. The first-order valence-corrected chi connectivity index (χ1v) is 6.94. The minimum atomic E-state index is -1.20. The van der Waals surface area contributed by atoms with Crippen molar-refractivity contribution in [3.8, 4) is 0 Å². The van der Waals surface area contributed by atoms with Gasteiger partial charge in [0.15, 0.2) is 0 Å².